The van der Waals surface area contributed by atoms with Gasteiger partial charge >= 0.3 is 0 Å². The summed E-state index contributed by atoms with van der Waals surface area (Å²) < 4.78 is 5.53. The zero-order chi connectivity index (χ0) is 15.1. The first kappa shape index (κ1) is 13.8. The number of carbonyl (C=O) groups is 2. The molecule has 22 heavy (non-hydrogen) atoms. The molecule has 1 unspecified atom stereocenters. The minimum absolute atomic E-state index is 0.0639. The maximum Gasteiger partial charge on any atom is 0.251 e. The first-order valence-corrected chi connectivity index (χ1v) is 8.08. The molecule has 1 saturated heterocycles. The van der Waals surface area contributed by atoms with Gasteiger partial charge in [0.05, 0.1) is 18.2 Å². The zero-order valence-electron chi connectivity index (χ0n) is 12.6. The third-order valence-electron chi connectivity index (χ3n) is 4.78. The highest BCUT2D eigenvalue weighted by Gasteiger charge is 2.33. The second-order valence-corrected chi connectivity index (χ2v) is 6.31. The third kappa shape index (κ3) is 2.29. The molecule has 0 spiro atoms. The number of anilines is 1. The average molecular weight is 300 g/mol. The van der Waals surface area contributed by atoms with E-state index in [0.717, 1.165) is 55.6 Å². The lowest BCUT2D eigenvalue weighted by Gasteiger charge is -2.25. The fraction of sp³-hybridized carbons (Fsp3) is 0.529. The van der Waals surface area contributed by atoms with E-state index in [1.165, 1.54) is 0 Å². The molecule has 1 fully saturated rings. The van der Waals surface area contributed by atoms with Crippen LogP contribution in [0.25, 0.3) is 0 Å². The highest BCUT2D eigenvalue weighted by molar-refractivity contribution is 6.04. The van der Waals surface area contributed by atoms with Crippen LogP contribution in [0.4, 0.5) is 5.69 Å². The zero-order valence-corrected chi connectivity index (χ0v) is 12.6. The summed E-state index contributed by atoms with van der Waals surface area (Å²) in [6.45, 7) is 2.17. The van der Waals surface area contributed by atoms with Gasteiger partial charge < -0.3 is 15.0 Å². The molecule has 5 heteroatoms. The summed E-state index contributed by atoms with van der Waals surface area (Å²) in [5, 5.41) is 2.96. The molecular weight excluding hydrogens is 280 g/mol. The molecule has 116 valence electrons. The van der Waals surface area contributed by atoms with Crippen molar-refractivity contribution in [1.82, 2.24) is 5.32 Å². The number of rotatable bonds is 3. The van der Waals surface area contributed by atoms with Gasteiger partial charge in [-0.2, -0.15) is 0 Å². The molecule has 0 radical (unpaired) electrons. The van der Waals surface area contributed by atoms with E-state index in [1.54, 1.807) is 0 Å². The van der Waals surface area contributed by atoms with E-state index in [2.05, 4.69) is 5.32 Å². The Morgan fingerprint density at radius 3 is 3.00 bits per heavy atom. The second-order valence-electron chi connectivity index (χ2n) is 6.31. The molecule has 3 heterocycles. The van der Waals surface area contributed by atoms with Gasteiger partial charge in [0.2, 0.25) is 5.91 Å². The van der Waals surface area contributed by atoms with Gasteiger partial charge in [-0.25, -0.2) is 0 Å². The van der Waals surface area contributed by atoms with Crippen molar-refractivity contribution in [2.24, 2.45) is 0 Å². The minimum Gasteiger partial charge on any atom is -0.376 e. The Hall–Kier alpha value is -1.88. The number of nitrogens with one attached hydrogen (secondary N) is 1. The molecule has 4 rings (SSSR count). The molecule has 0 aromatic heterocycles. The summed E-state index contributed by atoms with van der Waals surface area (Å²) in [7, 11) is 0. The van der Waals surface area contributed by atoms with E-state index >= 15 is 0 Å². The van der Waals surface area contributed by atoms with Crippen molar-refractivity contribution in [3.63, 3.8) is 0 Å². The van der Waals surface area contributed by atoms with Crippen molar-refractivity contribution in [2.45, 2.75) is 38.2 Å². The van der Waals surface area contributed by atoms with E-state index in [4.69, 9.17) is 4.74 Å². The molecule has 0 bridgehead atoms. The van der Waals surface area contributed by atoms with Gasteiger partial charge in [0, 0.05) is 25.3 Å². The predicted octanol–water partition coefficient (Wildman–Crippen LogP) is 1.43. The normalized spacial score (nSPS) is 22.8. The standard InChI is InChI=1S/C17H20N2O3/c20-15-9-12-8-13(7-11-3-1-5-19(15)16(11)12)17(21)18-10-14-4-2-6-22-14/h7-8,14H,1-6,9-10H2,(H,18,21). The highest BCUT2D eigenvalue weighted by Crippen LogP contribution is 2.37. The smallest absolute Gasteiger partial charge is 0.251 e. The number of amides is 2. The average Bonchev–Trinajstić information content (AvgIpc) is 3.15. The highest BCUT2D eigenvalue weighted by atomic mass is 16.5. The predicted molar refractivity (Wildman–Crippen MR) is 82.1 cm³/mol. The second kappa shape index (κ2) is 5.39. The van der Waals surface area contributed by atoms with E-state index in [-0.39, 0.29) is 17.9 Å². The molecular formula is C17H20N2O3. The van der Waals surface area contributed by atoms with E-state index in [1.807, 2.05) is 17.0 Å². The molecule has 1 N–H and O–H groups in total. The molecule has 1 aromatic rings. The maximum atomic E-state index is 12.4. The SMILES string of the molecule is O=C(NCC1CCCO1)c1cc2c3c(c1)CC(=O)N3CCC2. The number of carbonyl (C=O) groups excluding carboxylic acids is 2. The van der Waals surface area contributed by atoms with E-state index in [9.17, 15) is 9.59 Å². The van der Waals surface area contributed by atoms with E-state index in [0.29, 0.717) is 18.5 Å². The number of benzene rings is 1. The van der Waals surface area contributed by atoms with Crippen LogP contribution >= 0.6 is 0 Å². The monoisotopic (exact) mass is 300 g/mol. The molecule has 5 nitrogen and oxygen atoms in total. The quantitative estimate of drug-likeness (QED) is 0.918. The summed E-state index contributed by atoms with van der Waals surface area (Å²) in [6, 6.07) is 3.83. The molecule has 0 saturated carbocycles. The van der Waals surface area contributed by atoms with E-state index < -0.39 is 0 Å². The topological polar surface area (TPSA) is 58.6 Å². The van der Waals surface area contributed by atoms with Gasteiger partial charge in [-0.15, -0.1) is 0 Å². The maximum absolute atomic E-state index is 12.4. The summed E-state index contributed by atoms with van der Waals surface area (Å²) >= 11 is 0. The van der Waals surface area contributed by atoms with Crippen molar-refractivity contribution >= 4 is 17.5 Å². The largest absolute Gasteiger partial charge is 0.376 e. The van der Waals surface area contributed by atoms with Gasteiger partial charge in [0.1, 0.15) is 0 Å². The molecule has 3 aliphatic rings. The molecule has 1 aromatic carbocycles. The van der Waals surface area contributed by atoms with Crippen LogP contribution in [0.15, 0.2) is 12.1 Å². The summed E-state index contributed by atoms with van der Waals surface area (Å²) in [6.07, 6.45) is 4.57. The Bertz CT molecular complexity index is 635. The first-order chi connectivity index (χ1) is 10.7. The van der Waals surface area contributed by atoms with Gasteiger partial charge in [-0.05, 0) is 48.9 Å². The van der Waals surface area contributed by atoms with Crippen LogP contribution in [0.3, 0.4) is 0 Å². The molecule has 3 aliphatic heterocycles. The Labute approximate surface area is 129 Å². The van der Waals surface area contributed by atoms with Crippen molar-refractivity contribution in [3.05, 3.63) is 28.8 Å². The number of aryl methyl sites for hydroxylation is 1. The van der Waals surface area contributed by atoms with Crippen LogP contribution in [-0.4, -0.2) is 37.6 Å². The minimum atomic E-state index is -0.0639. The Kier molecular flexibility index (Phi) is 3.37. The fourth-order valence-corrected chi connectivity index (χ4v) is 3.72. The molecule has 2 amide bonds. The number of hydrogen-bond acceptors (Lipinski definition) is 3. The first-order valence-electron chi connectivity index (χ1n) is 8.08. The Morgan fingerprint density at radius 1 is 1.32 bits per heavy atom. The summed E-state index contributed by atoms with van der Waals surface area (Å²) in [4.78, 5) is 26.3. The van der Waals surface area contributed by atoms with Gasteiger partial charge in [-0.3, -0.25) is 9.59 Å². The molecule has 0 aliphatic carbocycles. The van der Waals surface area contributed by atoms with Crippen molar-refractivity contribution in [3.8, 4) is 0 Å². The van der Waals surface area contributed by atoms with Crippen LogP contribution in [0, 0.1) is 0 Å². The van der Waals surface area contributed by atoms with Crippen LogP contribution in [0.1, 0.15) is 40.7 Å². The number of hydrogen-bond donors (Lipinski definition) is 1. The lowest BCUT2D eigenvalue weighted by atomic mass is 9.96. The summed E-state index contributed by atoms with van der Waals surface area (Å²) in [5.74, 6) is 0.0962. The number of ether oxygens (including phenoxy) is 1. The molecule has 1 atom stereocenters. The van der Waals surface area contributed by atoms with Crippen molar-refractivity contribution in [2.75, 3.05) is 24.6 Å². The van der Waals surface area contributed by atoms with Crippen LogP contribution in [0.5, 0.6) is 0 Å². The third-order valence-corrected chi connectivity index (χ3v) is 4.78. The Morgan fingerprint density at radius 2 is 2.18 bits per heavy atom. The van der Waals surface area contributed by atoms with Gasteiger partial charge in [0.15, 0.2) is 0 Å². The summed E-state index contributed by atoms with van der Waals surface area (Å²) in [5.41, 5.74) is 3.87. The van der Waals surface area contributed by atoms with Crippen LogP contribution < -0.4 is 10.2 Å². The van der Waals surface area contributed by atoms with Crippen LogP contribution in [-0.2, 0) is 22.4 Å². The Balaban J connectivity index is 1.54. The van der Waals surface area contributed by atoms with Crippen molar-refractivity contribution < 1.29 is 14.3 Å². The van der Waals surface area contributed by atoms with Crippen LogP contribution in [0.2, 0.25) is 0 Å². The van der Waals surface area contributed by atoms with Gasteiger partial charge in [-0.1, -0.05) is 0 Å². The van der Waals surface area contributed by atoms with Gasteiger partial charge in [0.25, 0.3) is 5.91 Å². The lowest BCUT2D eigenvalue weighted by Crippen LogP contribution is -2.32. The number of nitrogens with zero attached hydrogens (tertiary/aromatic N) is 1. The lowest BCUT2D eigenvalue weighted by molar-refractivity contribution is -0.117. The van der Waals surface area contributed by atoms with Crippen molar-refractivity contribution in [1.29, 1.82) is 0 Å². The fourth-order valence-electron chi connectivity index (χ4n) is 3.72.